The van der Waals surface area contributed by atoms with E-state index in [1.54, 1.807) is 7.11 Å². The average molecular weight is 368 g/mol. The van der Waals surface area contributed by atoms with Gasteiger partial charge in [0.25, 0.3) is 0 Å². The fraction of sp³-hybridized carbons (Fsp3) is 0.556. The molecule has 0 atom stereocenters. The molecule has 1 saturated heterocycles. The summed E-state index contributed by atoms with van der Waals surface area (Å²) in [6.07, 6.45) is 2.27. The summed E-state index contributed by atoms with van der Waals surface area (Å²) >= 11 is 0. The summed E-state index contributed by atoms with van der Waals surface area (Å²) in [5, 5.41) is 18.2. The summed E-state index contributed by atoms with van der Waals surface area (Å²) in [5.41, 5.74) is 1.19. The predicted molar refractivity (Wildman–Crippen MR) is 97.0 cm³/mol. The van der Waals surface area contributed by atoms with Crippen LogP contribution in [-0.4, -0.2) is 73.5 Å². The number of unbranched alkanes of at least 4 members (excludes halogenated alkanes) is 1. The summed E-state index contributed by atoms with van der Waals surface area (Å²) < 4.78 is 11.2. The van der Waals surface area contributed by atoms with Gasteiger partial charge in [-0.1, -0.05) is 6.07 Å². The number of ether oxygens (including phenoxy) is 2. The van der Waals surface area contributed by atoms with Crippen molar-refractivity contribution in [3.8, 4) is 11.5 Å². The Balaban J connectivity index is 0.000000487. The molecular weight excluding hydrogens is 340 g/mol. The molecule has 1 aliphatic heterocycles. The van der Waals surface area contributed by atoms with E-state index in [4.69, 9.17) is 29.3 Å². The molecule has 8 heteroatoms. The van der Waals surface area contributed by atoms with Crippen molar-refractivity contribution in [2.45, 2.75) is 19.8 Å². The van der Waals surface area contributed by atoms with E-state index in [0.717, 1.165) is 37.6 Å². The van der Waals surface area contributed by atoms with Crippen molar-refractivity contribution in [2.75, 3.05) is 46.4 Å². The van der Waals surface area contributed by atoms with Crippen molar-refractivity contribution >= 4 is 11.9 Å². The van der Waals surface area contributed by atoms with Crippen molar-refractivity contribution in [1.82, 2.24) is 10.2 Å². The summed E-state index contributed by atoms with van der Waals surface area (Å²) in [7, 11) is 1.69. The zero-order valence-corrected chi connectivity index (χ0v) is 15.4. The number of benzene rings is 1. The second-order valence-corrected chi connectivity index (χ2v) is 5.91. The van der Waals surface area contributed by atoms with Crippen LogP contribution in [0.3, 0.4) is 0 Å². The normalized spacial score (nSPS) is 14.1. The quantitative estimate of drug-likeness (QED) is 0.487. The predicted octanol–water partition coefficient (Wildman–Crippen LogP) is 1.22. The Labute approximate surface area is 153 Å². The molecule has 26 heavy (non-hydrogen) atoms. The number of hydrogen-bond donors (Lipinski definition) is 3. The molecule has 1 aromatic carbocycles. The van der Waals surface area contributed by atoms with Crippen LogP contribution in [0, 0.1) is 6.92 Å². The first kappa shape index (κ1) is 21.7. The van der Waals surface area contributed by atoms with Gasteiger partial charge in [0.2, 0.25) is 0 Å². The lowest BCUT2D eigenvalue weighted by atomic mass is 10.2. The molecule has 0 amide bonds. The number of carbonyl (C=O) groups is 2. The van der Waals surface area contributed by atoms with Crippen LogP contribution in [0.5, 0.6) is 11.5 Å². The molecule has 1 aliphatic rings. The second-order valence-electron chi connectivity index (χ2n) is 5.91. The second kappa shape index (κ2) is 12.1. The maximum atomic E-state index is 9.10. The van der Waals surface area contributed by atoms with E-state index in [2.05, 4.69) is 23.2 Å². The minimum atomic E-state index is -1.82. The van der Waals surface area contributed by atoms with Crippen LogP contribution in [0.1, 0.15) is 18.4 Å². The average Bonchev–Trinajstić information content (AvgIpc) is 2.63. The molecule has 1 fully saturated rings. The maximum absolute atomic E-state index is 9.10. The van der Waals surface area contributed by atoms with E-state index >= 15 is 0 Å². The first-order valence-corrected chi connectivity index (χ1v) is 8.60. The number of aryl methyl sites for hydroxylation is 1. The lowest BCUT2D eigenvalue weighted by molar-refractivity contribution is -0.159. The third-order valence-electron chi connectivity index (χ3n) is 3.84. The van der Waals surface area contributed by atoms with Gasteiger partial charge < -0.3 is 29.9 Å². The molecule has 8 nitrogen and oxygen atoms in total. The van der Waals surface area contributed by atoms with Gasteiger partial charge in [0, 0.05) is 26.2 Å². The molecule has 0 radical (unpaired) electrons. The standard InChI is InChI=1S/C16H26N2O2.C2H2O4/c1-14-5-6-15(16(13-14)19-2)20-12-4-3-9-18-10-7-17-8-11-18;3-1(4)2(5)6/h5-6,13,17H,3-4,7-12H2,1-2H3;(H,3,4)(H,5,6). The van der Waals surface area contributed by atoms with Crippen LogP contribution in [0.4, 0.5) is 0 Å². The van der Waals surface area contributed by atoms with Crippen LogP contribution in [0.2, 0.25) is 0 Å². The van der Waals surface area contributed by atoms with Crippen molar-refractivity contribution in [3.05, 3.63) is 23.8 Å². The maximum Gasteiger partial charge on any atom is 0.414 e. The summed E-state index contributed by atoms with van der Waals surface area (Å²) in [6.45, 7) is 8.58. The summed E-state index contributed by atoms with van der Waals surface area (Å²) in [6, 6.07) is 6.05. The van der Waals surface area contributed by atoms with E-state index in [0.29, 0.717) is 0 Å². The van der Waals surface area contributed by atoms with Crippen LogP contribution < -0.4 is 14.8 Å². The fourth-order valence-electron chi connectivity index (χ4n) is 2.45. The number of rotatable bonds is 7. The van der Waals surface area contributed by atoms with Crippen molar-refractivity contribution in [3.63, 3.8) is 0 Å². The van der Waals surface area contributed by atoms with E-state index in [-0.39, 0.29) is 0 Å². The van der Waals surface area contributed by atoms with Gasteiger partial charge in [-0.15, -0.1) is 0 Å². The first-order chi connectivity index (χ1) is 12.4. The largest absolute Gasteiger partial charge is 0.493 e. The lowest BCUT2D eigenvalue weighted by Gasteiger charge is -2.27. The Morgan fingerprint density at radius 3 is 2.35 bits per heavy atom. The van der Waals surface area contributed by atoms with Crippen LogP contribution >= 0.6 is 0 Å². The van der Waals surface area contributed by atoms with E-state index in [1.807, 2.05) is 12.1 Å². The Hall–Kier alpha value is -2.32. The molecule has 0 saturated carbocycles. The van der Waals surface area contributed by atoms with Gasteiger partial charge in [0.1, 0.15) is 0 Å². The van der Waals surface area contributed by atoms with Gasteiger partial charge in [-0.25, -0.2) is 9.59 Å². The van der Waals surface area contributed by atoms with Gasteiger partial charge in [0.15, 0.2) is 11.5 Å². The molecule has 3 N–H and O–H groups in total. The molecule has 146 valence electrons. The summed E-state index contributed by atoms with van der Waals surface area (Å²) in [5.74, 6) is -1.97. The molecule has 0 bridgehead atoms. The number of methoxy groups -OCH3 is 1. The number of hydrogen-bond acceptors (Lipinski definition) is 6. The van der Waals surface area contributed by atoms with Gasteiger partial charge in [-0.2, -0.15) is 0 Å². The number of aliphatic carboxylic acids is 2. The number of carboxylic acid groups (broad SMARTS) is 2. The topological polar surface area (TPSA) is 108 Å². The highest BCUT2D eigenvalue weighted by Crippen LogP contribution is 2.27. The Bertz CT molecular complexity index is 561. The molecule has 0 unspecified atom stereocenters. The van der Waals surface area contributed by atoms with E-state index < -0.39 is 11.9 Å². The van der Waals surface area contributed by atoms with Crippen LogP contribution in [-0.2, 0) is 9.59 Å². The van der Waals surface area contributed by atoms with Crippen molar-refractivity contribution < 1.29 is 29.3 Å². The molecule has 2 rings (SSSR count). The van der Waals surface area contributed by atoms with E-state index in [1.165, 1.54) is 31.6 Å². The number of nitrogens with one attached hydrogen (secondary N) is 1. The third kappa shape index (κ3) is 8.68. The smallest absolute Gasteiger partial charge is 0.414 e. The Morgan fingerprint density at radius 2 is 1.77 bits per heavy atom. The molecule has 1 heterocycles. The summed E-state index contributed by atoms with van der Waals surface area (Å²) in [4.78, 5) is 20.7. The highest BCUT2D eigenvalue weighted by Gasteiger charge is 2.09. The number of nitrogens with zero attached hydrogens (tertiary/aromatic N) is 1. The first-order valence-electron chi connectivity index (χ1n) is 8.60. The van der Waals surface area contributed by atoms with Crippen molar-refractivity contribution in [1.29, 1.82) is 0 Å². The highest BCUT2D eigenvalue weighted by atomic mass is 16.5. The number of piperazine rings is 1. The van der Waals surface area contributed by atoms with Gasteiger partial charge in [-0.3, -0.25) is 0 Å². The number of carboxylic acids is 2. The van der Waals surface area contributed by atoms with Crippen LogP contribution in [0.15, 0.2) is 18.2 Å². The minimum Gasteiger partial charge on any atom is -0.493 e. The zero-order valence-electron chi connectivity index (χ0n) is 15.4. The fourth-order valence-corrected chi connectivity index (χ4v) is 2.45. The molecule has 0 aromatic heterocycles. The molecule has 0 aliphatic carbocycles. The lowest BCUT2D eigenvalue weighted by Crippen LogP contribution is -2.43. The van der Waals surface area contributed by atoms with Crippen LogP contribution in [0.25, 0.3) is 0 Å². The van der Waals surface area contributed by atoms with Gasteiger partial charge in [0.05, 0.1) is 13.7 Å². The third-order valence-corrected chi connectivity index (χ3v) is 3.84. The van der Waals surface area contributed by atoms with E-state index in [9.17, 15) is 0 Å². The zero-order chi connectivity index (χ0) is 19.4. The van der Waals surface area contributed by atoms with Gasteiger partial charge >= 0.3 is 11.9 Å². The molecule has 1 aromatic rings. The Kier molecular flexibility index (Phi) is 10.1. The highest BCUT2D eigenvalue weighted by molar-refractivity contribution is 6.27. The SMILES string of the molecule is COc1cc(C)ccc1OCCCCN1CCNCC1.O=C(O)C(=O)O. The minimum absolute atomic E-state index is 0.755. The monoisotopic (exact) mass is 368 g/mol. The van der Waals surface area contributed by atoms with Crippen molar-refractivity contribution in [2.24, 2.45) is 0 Å². The molecule has 0 spiro atoms. The molecular formula is C18H28N2O6. The Morgan fingerprint density at radius 1 is 1.12 bits per heavy atom. The van der Waals surface area contributed by atoms with Gasteiger partial charge in [-0.05, 0) is 44.0 Å².